The summed E-state index contributed by atoms with van der Waals surface area (Å²) < 4.78 is 2.14. The molecule has 1 atom stereocenters. The van der Waals surface area contributed by atoms with Gasteiger partial charge in [0, 0.05) is 20.0 Å². The number of likely N-dealkylation sites (N-methyl/N-ethyl adjacent to an activating group) is 1. The maximum atomic E-state index is 12.2. The van der Waals surface area contributed by atoms with Crippen LogP contribution >= 0.6 is 0 Å². The molecular weight excluding hydrogens is 230 g/mol. The maximum Gasteiger partial charge on any atom is 0.239 e. The Morgan fingerprint density at radius 1 is 1.50 bits per heavy atom. The Labute approximate surface area is 106 Å². The van der Waals surface area contributed by atoms with Gasteiger partial charge in [0.1, 0.15) is 5.82 Å². The van der Waals surface area contributed by atoms with Gasteiger partial charge in [-0.3, -0.25) is 4.79 Å². The highest BCUT2D eigenvalue weighted by Gasteiger charge is 2.26. The topological polar surface area (TPSA) is 63.1 Å². The summed E-state index contributed by atoms with van der Waals surface area (Å²) in [5, 5.41) is 11.6. The molecule has 2 aliphatic heterocycles. The number of hydrogen-bond donors (Lipinski definition) is 1. The molecule has 0 bridgehead atoms. The summed E-state index contributed by atoms with van der Waals surface area (Å²) in [5.41, 5.74) is 0. The van der Waals surface area contributed by atoms with Crippen molar-refractivity contribution in [1.82, 2.24) is 25.0 Å². The number of hydrogen-bond acceptors (Lipinski definition) is 4. The SMILES string of the molecule is CN(Cc1nnc2n1CCC2)C(=O)C1CCCN1. The van der Waals surface area contributed by atoms with Crippen molar-refractivity contribution in [3.05, 3.63) is 11.6 Å². The molecule has 1 aromatic rings. The zero-order valence-corrected chi connectivity index (χ0v) is 10.7. The average molecular weight is 249 g/mol. The molecule has 1 amide bonds. The molecule has 98 valence electrons. The van der Waals surface area contributed by atoms with E-state index in [-0.39, 0.29) is 11.9 Å². The van der Waals surface area contributed by atoms with Gasteiger partial charge in [0.25, 0.3) is 0 Å². The quantitative estimate of drug-likeness (QED) is 0.815. The van der Waals surface area contributed by atoms with E-state index in [0.29, 0.717) is 6.54 Å². The fourth-order valence-electron chi connectivity index (χ4n) is 2.78. The first kappa shape index (κ1) is 11.6. The molecule has 1 unspecified atom stereocenters. The highest BCUT2D eigenvalue weighted by Crippen LogP contribution is 2.16. The number of amides is 1. The molecule has 6 nitrogen and oxygen atoms in total. The number of carbonyl (C=O) groups is 1. The summed E-state index contributed by atoms with van der Waals surface area (Å²) in [5.74, 6) is 2.14. The summed E-state index contributed by atoms with van der Waals surface area (Å²) >= 11 is 0. The van der Waals surface area contributed by atoms with Crippen LogP contribution in [-0.4, -0.2) is 45.2 Å². The molecular formula is C12H19N5O. The third-order valence-electron chi connectivity index (χ3n) is 3.80. The average Bonchev–Trinajstić information content (AvgIpc) is 3.06. The molecule has 0 radical (unpaired) electrons. The molecule has 1 aromatic heterocycles. The van der Waals surface area contributed by atoms with Crippen molar-refractivity contribution >= 4 is 5.91 Å². The molecule has 6 heteroatoms. The van der Waals surface area contributed by atoms with Crippen LogP contribution in [0.1, 0.15) is 30.9 Å². The van der Waals surface area contributed by atoms with Crippen LogP contribution in [0.3, 0.4) is 0 Å². The second-order valence-corrected chi connectivity index (χ2v) is 5.13. The molecule has 0 spiro atoms. The number of carbonyl (C=O) groups excluding carboxylic acids is 1. The molecule has 1 saturated heterocycles. The van der Waals surface area contributed by atoms with Crippen molar-refractivity contribution in [3.8, 4) is 0 Å². The summed E-state index contributed by atoms with van der Waals surface area (Å²) in [6.07, 6.45) is 4.18. The Balaban J connectivity index is 1.66. The predicted octanol–water partition coefficient (Wildman–Crippen LogP) is -0.0653. The largest absolute Gasteiger partial charge is 0.337 e. The van der Waals surface area contributed by atoms with Gasteiger partial charge in [-0.2, -0.15) is 0 Å². The zero-order chi connectivity index (χ0) is 12.5. The molecule has 0 aromatic carbocycles. The van der Waals surface area contributed by atoms with Crippen molar-refractivity contribution < 1.29 is 4.79 Å². The van der Waals surface area contributed by atoms with Crippen molar-refractivity contribution in [2.24, 2.45) is 0 Å². The summed E-state index contributed by atoms with van der Waals surface area (Å²) in [6, 6.07) is -0.00373. The van der Waals surface area contributed by atoms with Crippen LogP contribution < -0.4 is 5.32 Å². The van der Waals surface area contributed by atoms with Gasteiger partial charge < -0.3 is 14.8 Å². The van der Waals surface area contributed by atoms with Crippen molar-refractivity contribution in [1.29, 1.82) is 0 Å². The standard InChI is InChI=1S/C12H19N5O/c1-16(12(18)9-4-2-6-13-9)8-11-15-14-10-5-3-7-17(10)11/h9,13H,2-8H2,1H3. The fourth-order valence-corrected chi connectivity index (χ4v) is 2.78. The lowest BCUT2D eigenvalue weighted by Gasteiger charge is -2.20. The number of fused-ring (bicyclic) bond motifs is 1. The van der Waals surface area contributed by atoms with E-state index in [2.05, 4.69) is 20.1 Å². The van der Waals surface area contributed by atoms with Crippen LogP contribution in [-0.2, 0) is 24.3 Å². The molecule has 3 rings (SSSR count). The normalized spacial score (nSPS) is 22.2. The van der Waals surface area contributed by atoms with Crippen LogP contribution in [0.25, 0.3) is 0 Å². The first-order chi connectivity index (χ1) is 8.75. The highest BCUT2D eigenvalue weighted by molar-refractivity contribution is 5.81. The number of nitrogens with zero attached hydrogens (tertiary/aromatic N) is 4. The van der Waals surface area contributed by atoms with Crippen molar-refractivity contribution in [3.63, 3.8) is 0 Å². The van der Waals surface area contributed by atoms with E-state index in [1.807, 2.05) is 7.05 Å². The third-order valence-corrected chi connectivity index (χ3v) is 3.80. The zero-order valence-electron chi connectivity index (χ0n) is 10.7. The highest BCUT2D eigenvalue weighted by atomic mass is 16.2. The number of nitrogens with one attached hydrogen (secondary N) is 1. The molecule has 0 saturated carbocycles. The van der Waals surface area contributed by atoms with Crippen molar-refractivity contribution in [2.45, 2.75) is 44.8 Å². The second kappa shape index (κ2) is 4.68. The van der Waals surface area contributed by atoms with E-state index >= 15 is 0 Å². The number of rotatable bonds is 3. The summed E-state index contributed by atoms with van der Waals surface area (Å²) in [7, 11) is 1.85. The van der Waals surface area contributed by atoms with E-state index in [1.54, 1.807) is 4.90 Å². The van der Waals surface area contributed by atoms with E-state index in [4.69, 9.17) is 0 Å². The lowest BCUT2D eigenvalue weighted by atomic mass is 10.2. The minimum absolute atomic E-state index is 0.00373. The Morgan fingerprint density at radius 3 is 3.17 bits per heavy atom. The predicted molar refractivity (Wildman–Crippen MR) is 65.8 cm³/mol. The number of aryl methyl sites for hydroxylation is 1. The lowest BCUT2D eigenvalue weighted by Crippen LogP contribution is -2.41. The second-order valence-electron chi connectivity index (χ2n) is 5.13. The smallest absolute Gasteiger partial charge is 0.239 e. The molecule has 0 aliphatic carbocycles. The van der Waals surface area contributed by atoms with E-state index in [0.717, 1.165) is 50.4 Å². The van der Waals surface area contributed by atoms with E-state index in [9.17, 15) is 4.79 Å². The summed E-state index contributed by atoms with van der Waals surface area (Å²) in [6.45, 7) is 2.50. The fraction of sp³-hybridized carbons (Fsp3) is 0.750. The monoisotopic (exact) mass is 249 g/mol. The molecule has 3 heterocycles. The minimum Gasteiger partial charge on any atom is -0.337 e. The van der Waals surface area contributed by atoms with Gasteiger partial charge in [-0.25, -0.2) is 0 Å². The van der Waals surface area contributed by atoms with E-state index < -0.39 is 0 Å². The Kier molecular flexibility index (Phi) is 3.03. The third kappa shape index (κ3) is 2.01. The van der Waals surface area contributed by atoms with Gasteiger partial charge in [-0.1, -0.05) is 0 Å². The minimum atomic E-state index is -0.00373. The molecule has 2 aliphatic rings. The molecule has 1 N–H and O–H groups in total. The maximum absolute atomic E-state index is 12.2. The van der Waals surface area contributed by atoms with Crippen LogP contribution in [0, 0.1) is 0 Å². The molecule has 1 fully saturated rings. The van der Waals surface area contributed by atoms with Gasteiger partial charge in [0.2, 0.25) is 5.91 Å². The van der Waals surface area contributed by atoms with Gasteiger partial charge in [0.05, 0.1) is 12.6 Å². The first-order valence-electron chi connectivity index (χ1n) is 6.65. The van der Waals surface area contributed by atoms with Crippen LogP contribution in [0.2, 0.25) is 0 Å². The molecule has 18 heavy (non-hydrogen) atoms. The van der Waals surface area contributed by atoms with Crippen LogP contribution in [0.15, 0.2) is 0 Å². The van der Waals surface area contributed by atoms with Gasteiger partial charge >= 0.3 is 0 Å². The van der Waals surface area contributed by atoms with Crippen LogP contribution in [0.4, 0.5) is 0 Å². The summed E-state index contributed by atoms with van der Waals surface area (Å²) in [4.78, 5) is 13.9. The van der Waals surface area contributed by atoms with Crippen LogP contribution in [0.5, 0.6) is 0 Å². The Bertz CT molecular complexity index is 449. The van der Waals surface area contributed by atoms with Gasteiger partial charge in [-0.05, 0) is 25.8 Å². The lowest BCUT2D eigenvalue weighted by molar-refractivity contribution is -0.132. The Hall–Kier alpha value is -1.43. The number of aromatic nitrogens is 3. The first-order valence-corrected chi connectivity index (χ1v) is 6.65. The van der Waals surface area contributed by atoms with Crippen molar-refractivity contribution in [2.75, 3.05) is 13.6 Å². The van der Waals surface area contributed by atoms with E-state index in [1.165, 1.54) is 0 Å². The Morgan fingerprint density at radius 2 is 2.39 bits per heavy atom. The van der Waals surface area contributed by atoms with Gasteiger partial charge in [0.15, 0.2) is 5.82 Å². The van der Waals surface area contributed by atoms with Gasteiger partial charge in [-0.15, -0.1) is 10.2 Å².